The fraction of sp³-hybridized carbons (Fsp3) is 0.500. The summed E-state index contributed by atoms with van der Waals surface area (Å²) in [5.74, 6) is 0.234. The molecule has 3 N–H and O–H groups in total. The lowest BCUT2D eigenvalue weighted by Crippen LogP contribution is -2.14. The summed E-state index contributed by atoms with van der Waals surface area (Å²) >= 11 is 0. The van der Waals surface area contributed by atoms with Gasteiger partial charge in [0.05, 0.1) is 11.4 Å². The third-order valence-electron chi connectivity index (χ3n) is 1.84. The number of nitrogen functional groups attached to an aromatic ring is 1. The van der Waals surface area contributed by atoms with Gasteiger partial charge in [0.25, 0.3) is 0 Å². The van der Waals surface area contributed by atoms with E-state index in [2.05, 4.69) is 10.3 Å². The number of aromatic nitrogens is 1. The second-order valence-corrected chi connectivity index (χ2v) is 3.51. The minimum atomic E-state index is -0.334. The van der Waals surface area contributed by atoms with Crippen LogP contribution < -0.4 is 11.1 Å². The van der Waals surface area contributed by atoms with E-state index in [1.54, 1.807) is 0 Å². The molecular formula is C10H16FN3. The largest absolute Gasteiger partial charge is 0.396 e. The van der Waals surface area contributed by atoms with Gasteiger partial charge in [-0.25, -0.2) is 9.37 Å². The van der Waals surface area contributed by atoms with Crippen LogP contribution in [0.2, 0.25) is 0 Å². The van der Waals surface area contributed by atoms with Crippen LogP contribution in [-0.4, -0.2) is 11.0 Å². The zero-order valence-electron chi connectivity index (χ0n) is 8.76. The number of anilines is 2. The zero-order chi connectivity index (χ0) is 10.7. The standard InChI is InChI=1S/C10H16FN3/c1-4-9-7(11)5-8(12)10(14-9)13-6(2)3/h5-6H,4,12H2,1-3H3,(H,13,14). The first-order chi connectivity index (χ1) is 6.54. The lowest BCUT2D eigenvalue weighted by molar-refractivity contribution is 0.603. The van der Waals surface area contributed by atoms with E-state index >= 15 is 0 Å². The molecule has 0 saturated carbocycles. The van der Waals surface area contributed by atoms with Gasteiger partial charge in [0.2, 0.25) is 0 Å². The molecule has 0 saturated heterocycles. The van der Waals surface area contributed by atoms with Crippen molar-refractivity contribution in [1.82, 2.24) is 4.98 Å². The van der Waals surface area contributed by atoms with Crippen LogP contribution in [-0.2, 0) is 6.42 Å². The van der Waals surface area contributed by atoms with Crippen molar-refractivity contribution >= 4 is 11.5 Å². The van der Waals surface area contributed by atoms with Crippen molar-refractivity contribution in [2.75, 3.05) is 11.1 Å². The molecule has 0 radical (unpaired) electrons. The predicted octanol–water partition coefficient (Wildman–Crippen LogP) is 2.19. The third-order valence-corrected chi connectivity index (χ3v) is 1.84. The maximum atomic E-state index is 13.2. The van der Waals surface area contributed by atoms with E-state index in [9.17, 15) is 4.39 Å². The highest BCUT2D eigenvalue weighted by Crippen LogP contribution is 2.19. The maximum absolute atomic E-state index is 13.2. The van der Waals surface area contributed by atoms with Crippen LogP contribution in [0, 0.1) is 5.82 Å². The summed E-state index contributed by atoms with van der Waals surface area (Å²) in [4.78, 5) is 4.12. The molecule has 0 spiro atoms. The van der Waals surface area contributed by atoms with Gasteiger partial charge in [-0.05, 0) is 20.3 Å². The molecule has 0 aliphatic rings. The second kappa shape index (κ2) is 4.26. The molecule has 0 aliphatic carbocycles. The molecule has 1 aromatic rings. The molecule has 1 aromatic heterocycles. The monoisotopic (exact) mass is 197 g/mol. The van der Waals surface area contributed by atoms with E-state index in [0.717, 1.165) is 0 Å². The van der Waals surface area contributed by atoms with E-state index in [1.807, 2.05) is 20.8 Å². The van der Waals surface area contributed by atoms with Crippen molar-refractivity contribution in [2.24, 2.45) is 0 Å². The van der Waals surface area contributed by atoms with E-state index in [4.69, 9.17) is 5.73 Å². The van der Waals surface area contributed by atoms with Crippen molar-refractivity contribution < 1.29 is 4.39 Å². The highest BCUT2D eigenvalue weighted by molar-refractivity contribution is 5.61. The molecule has 4 heteroatoms. The lowest BCUT2D eigenvalue weighted by Gasteiger charge is -2.12. The van der Waals surface area contributed by atoms with Crippen LogP contribution in [0.3, 0.4) is 0 Å². The minimum Gasteiger partial charge on any atom is -0.396 e. The Hall–Kier alpha value is -1.32. The number of nitrogens with one attached hydrogen (secondary N) is 1. The number of pyridine rings is 1. The topological polar surface area (TPSA) is 50.9 Å². The molecular weight excluding hydrogens is 181 g/mol. The summed E-state index contributed by atoms with van der Waals surface area (Å²) in [6, 6.07) is 1.55. The third kappa shape index (κ3) is 2.34. The molecule has 0 unspecified atom stereocenters. The van der Waals surface area contributed by atoms with Crippen molar-refractivity contribution in [3.8, 4) is 0 Å². The Labute approximate surface area is 83.5 Å². The number of halogens is 1. The number of nitrogens with two attached hydrogens (primary N) is 1. The molecule has 78 valence electrons. The Morgan fingerprint density at radius 1 is 1.57 bits per heavy atom. The molecule has 0 aromatic carbocycles. The molecule has 0 atom stereocenters. The first-order valence-corrected chi connectivity index (χ1v) is 4.76. The summed E-state index contributed by atoms with van der Waals surface area (Å²) in [5, 5.41) is 3.07. The van der Waals surface area contributed by atoms with Gasteiger partial charge in [-0.2, -0.15) is 0 Å². The summed E-state index contributed by atoms with van der Waals surface area (Å²) in [6.07, 6.45) is 0.568. The van der Waals surface area contributed by atoms with Crippen molar-refractivity contribution in [1.29, 1.82) is 0 Å². The zero-order valence-corrected chi connectivity index (χ0v) is 8.76. The molecule has 3 nitrogen and oxygen atoms in total. The highest BCUT2D eigenvalue weighted by atomic mass is 19.1. The van der Waals surface area contributed by atoms with Crippen LogP contribution in [0.1, 0.15) is 26.5 Å². The van der Waals surface area contributed by atoms with Gasteiger partial charge in [-0.1, -0.05) is 6.92 Å². The van der Waals surface area contributed by atoms with Gasteiger partial charge in [0.1, 0.15) is 11.6 Å². The molecule has 0 aliphatic heterocycles. The number of aryl methyl sites for hydroxylation is 1. The number of rotatable bonds is 3. The Morgan fingerprint density at radius 2 is 2.21 bits per heavy atom. The summed E-state index contributed by atoms with van der Waals surface area (Å²) in [7, 11) is 0. The van der Waals surface area contributed by atoms with Crippen LogP contribution in [0.4, 0.5) is 15.9 Å². The summed E-state index contributed by atoms with van der Waals surface area (Å²) in [5.41, 5.74) is 6.43. The second-order valence-electron chi connectivity index (χ2n) is 3.51. The molecule has 1 heterocycles. The van der Waals surface area contributed by atoms with Crippen molar-refractivity contribution in [3.63, 3.8) is 0 Å². The molecule has 1 rings (SSSR count). The quantitative estimate of drug-likeness (QED) is 0.780. The number of hydrogen-bond donors (Lipinski definition) is 2. The Morgan fingerprint density at radius 3 is 2.71 bits per heavy atom. The normalized spacial score (nSPS) is 10.6. The summed E-state index contributed by atoms with van der Waals surface area (Å²) < 4.78 is 13.2. The predicted molar refractivity (Wildman–Crippen MR) is 56.7 cm³/mol. The van der Waals surface area contributed by atoms with Crippen LogP contribution in [0.5, 0.6) is 0 Å². The minimum absolute atomic E-state index is 0.236. The van der Waals surface area contributed by atoms with Gasteiger partial charge in [-0.3, -0.25) is 0 Å². The van der Waals surface area contributed by atoms with E-state index < -0.39 is 0 Å². The smallest absolute Gasteiger partial charge is 0.149 e. The molecule has 0 bridgehead atoms. The van der Waals surface area contributed by atoms with Crippen molar-refractivity contribution in [3.05, 3.63) is 17.6 Å². The van der Waals surface area contributed by atoms with Gasteiger partial charge in [0, 0.05) is 12.1 Å². The van der Waals surface area contributed by atoms with E-state index in [1.165, 1.54) is 6.07 Å². The van der Waals surface area contributed by atoms with Gasteiger partial charge in [0.15, 0.2) is 0 Å². The highest BCUT2D eigenvalue weighted by Gasteiger charge is 2.08. The van der Waals surface area contributed by atoms with Crippen LogP contribution >= 0.6 is 0 Å². The average molecular weight is 197 g/mol. The lowest BCUT2D eigenvalue weighted by atomic mass is 10.2. The van der Waals surface area contributed by atoms with Gasteiger partial charge in [-0.15, -0.1) is 0 Å². The average Bonchev–Trinajstić information content (AvgIpc) is 2.09. The first-order valence-electron chi connectivity index (χ1n) is 4.76. The number of nitrogens with zero attached hydrogens (tertiary/aromatic N) is 1. The van der Waals surface area contributed by atoms with E-state index in [0.29, 0.717) is 23.6 Å². The van der Waals surface area contributed by atoms with Gasteiger partial charge >= 0.3 is 0 Å². The van der Waals surface area contributed by atoms with Crippen LogP contribution in [0.25, 0.3) is 0 Å². The van der Waals surface area contributed by atoms with Gasteiger partial charge < -0.3 is 11.1 Å². The van der Waals surface area contributed by atoms with E-state index in [-0.39, 0.29) is 11.9 Å². The fourth-order valence-corrected chi connectivity index (χ4v) is 1.18. The fourth-order valence-electron chi connectivity index (χ4n) is 1.18. The Kier molecular flexibility index (Phi) is 3.28. The summed E-state index contributed by atoms with van der Waals surface area (Å²) in [6.45, 7) is 5.83. The molecule has 0 fully saturated rings. The number of hydrogen-bond acceptors (Lipinski definition) is 3. The van der Waals surface area contributed by atoms with Crippen LogP contribution in [0.15, 0.2) is 6.07 Å². The first kappa shape index (κ1) is 10.8. The Bertz CT molecular complexity index is 323. The van der Waals surface area contributed by atoms with Crippen molar-refractivity contribution in [2.45, 2.75) is 33.2 Å². The molecule has 14 heavy (non-hydrogen) atoms. The maximum Gasteiger partial charge on any atom is 0.149 e. The Balaban J connectivity index is 3.04. The molecule has 0 amide bonds. The SMILES string of the molecule is CCc1nc(NC(C)C)c(N)cc1F.